The van der Waals surface area contributed by atoms with Crippen molar-refractivity contribution in [2.45, 2.75) is 55.5 Å². The van der Waals surface area contributed by atoms with Crippen molar-refractivity contribution < 1.29 is 28.6 Å². The quantitative estimate of drug-likeness (QED) is 0.137. The van der Waals surface area contributed by atoms with E-state index in [1.54, 1.807) is 0 Å². The van der Waals surface area contributed by atoms with Gasteiger partial charge >= 0.3 is 12.1 Å². The topological polar surface area (TPSA) is 127 Å². The normalized spacial score (nSPS) is 21.2. The summed E-state index contributed by atoms with van der Waals surface area (Å²) < 4.78 is 16.9. The number of thioether (sulfide) groups is 1. The first kappa shape index (κ1) is 31.7. The van der Waals surface area contributed by atoms with Crippen LogP contribution in [0.2, 0.25) is 0 Å². The second kappa shape index (κ2) is 16.4. The molecule has 10 nitrogen and oxygen atoms in total. The van der Waals surface area contributed by atoms with Crippen molar-refractivity contribution in [3.8, 4) is 11.8 Å². The summed E-state index contributed by atoms with van der Waals surface area (Å²) in [7, 11) is 0. The van der Waals surface area contributed by atoms with E-state index in [9.17, 15) is 14.4 Å². The smallest absolute Gasteiger partial charge is 0.407 e. The Labute approximate surface area is 262 Å². The molecular formula is C33H40N4O6S. The summed E-state index contributed by atoms with van der Waals surface area (Å²) in [6.07, 6.45) is 2.87. The lowest BCUT2D eigenvalue weighted by Crippen LogP contribution is -2.36. The number of hydrogen-bond donors (Lipinski definition) is 4. The molecule has 0 saturated carbocycles. The van der Waals surface area contributed by atoms with Crippen molar-refractivity contribution in [2.24, 2.45) is 0 Å². The second-order valence-electron chi connectivity index (χ2n) is 11.0. The Morgan fingerprint density at radius 2 is 1.61 bits per heavy atom. The molecule has 0 spiro atoms. The number of nitrogens with one attached hydrogen (secondary N) is 4. The molecule has 2 heterocycles. The fraction of sp³-hybridized carbons (Fsp3) is 0.485. The minimum atomic E-state index is -0.503. The van der Waals surface area contributed by atoms with Crippen LogP contribution in [0.5, 0.6) is 0 Å². The summed E-state index contributed by atoms with van der Waals surface area (Å²) in [5.74, 6) is 7.42. The molecule has 234 valence electrons. The minimum absolute atomic E-state index is 0.0237. The van der Waals surface area contributed by atoms with Gasteiger partial charge in [-0.2, -0.15) is 11.8 Å². The third-order valence-electron chi connectivity index (χ3n) is 7.85. The van der Waals surface area contributed by atoms with Gasteiger partial charge in [0.05, 0.1) is 38.5 Å². The van der Waals surface area contributed by atoms with Gasteiger partial charge in [-0.15, -0.1) is 0 Å². The molecule has 11 heteroatoms. The minimum Gasteiger partial charge on any atom is -0.441 e. The first-order valence-corrected chi connectivity index (χ1v) is 16.4. The van der Waals surface area contributed by atoms with E-state index >= 15 is 0 Å². The fourth-order valence-electron chi connectivity index (χ4n) is 5.60. The molecule has 5 rings (SSSR count). The number of unbranched alkanes of at least 4 members (excludes halogenated alkanes) is 1. The van der Waals surface area contributed by atoms with Gasteiger partial charge in [0.15, 0.2) is 0 Å². The highest BCUT2D eigenvalue weighted by atomic mass is 32.2. The van der Waals surface area contributed by atoms with Crippen molar-refractivity contribution in [1.29, 1.82) is 0 Å². The maximum atomic E-state index is 12.6. The molecule has 4 amide bonds. The van der Waals surface area contributed by atoms with Gasteiger partial charge in [0.25, 0.3) is 0 Å². The lowest BCUT2D eigenvalue weighted by Gasteiger charge is -2.22. The van der Waals surface area contributed by atoms with Crippen molar-refractivity contribution in [3.05, 3.63) is 70.8 Å². The van der Waals surface area contributed by atoms with Gasteiger partial charge in [0, 0.05) is 53.6 Å². The predicted molar refractivity (Wildman–Crippen MR) is 168 cm³/mol. The number of carbonyl (C=O) groups is 3. The van der Waals surface area contributed by atoms with E-state index in [1.807, 2.05) is 60.3 Å². The van der Waals surface area contributed by atoms with E-state index < -0.39 is 12.2 Å². The number of carbonyl (C=O) groups excluding carboxylic acids is 3. The molecule has 3 aliphatic rings. The Bertz CT molecular complexity index is 1360. The first-order chi connectivity index (χ1) is 21.6. The Hall–Kier alpha value is -3.72. The van der Waals surface area contributed by atoms with E-state index in [0.29, 0.717) is 57.6 Å². The van der Waals surface area contributed by atoms with E-state index in [-0.39, 0.29) is 24.0 Å². The molecule has 1 aliphatic carbocycles. The molecule has 2 aliphatic heterocycles. The molecule has 4 atom stereocenters. The Kier molecular flexibility index (Phi) is 11.8. The lowest BCUT2D eigenvalue weighted by molar-refractivity contribution is -0.121. The van der Waals surface area contributed by atoms with Gasteiger partial charge in [-0.05, 0) is 30.5 Å². The lowest BCUT2D eigenvalue weighted by atomic mass is 9.92. The molecule has 0 radical (unpaired) electrons. The number of benzene rings is 2. The summed E-state index contributed by atoms with van der Waals surface area (Å²) >= 11 is 1.90. The number of amides is 4. The average Bonchev–Trinajstić information content (AvgIpc) is 3.57. The third kappa shape index (κ3) is 9.14. The van der Waals surface area contributed by atoms with Crippen LogP contribution in [0.4, 0.5) is 9.59 Å². The molecule has 2 fully saturated rings. The van der Waals surface area contributed by atoms with E-state index in [1.165, 1.54) is 0 Å². The van der Waals surface area contributed by atoms with Crippen molar-refractivity contribution in [3.63, 3.8) is 0 Å². The summed E-state index contributed by atoms with van der Waals surface area (Å²) in [5, 5.41) is 12.0. The third-order valence-corrected chi connectivity index (χ3v) is 9.36. The van der Waals surface area contributed by atoms with Crippen LogP contribution >= 0.6 is 11.8 Å². The molecule has 2 aromatic carbocycles. The molecule has 0 bridgehead atoms. The van der Waals surface area contributed by atoms with Crippen LogP contribution in [0.3, 0.4) is 0 Å². The highest BCUT2D eigenvalue weighted by Gasteiger charge is 2.42. The summed E-state index contributed by atoms with van der Waals surface area (Å²) in [6, 6.07) is 16.1. The standard InChI is InChI=1S/C33H40N4O6S/c38-30(12-6-5-11-29-31-27(22-44-29)36-32(39)37-31)34-15-17-41-19-20-42-18-16-35-33(40)43-28-21-25-9-2-1-7-23(25)13-14-24-8-3-4-10-26(24)28/h1-4,7-10,27-29,31H,5-6,11-12,15-22H2,(H,34,38)(H,35,40)(H2,36,37,39)/t27-,28?,29-,31-/m0/s1. The molecule has 4 N–H and O–H groups in total. The molecule has 44 heavy (non-hydrogen) atoms. The second-order valence-corrected chi connectivity index (χ2v) is 12.2. The van der Waals surface area contributed by atoms with Crippen LogP contribution in [-0.2, 0) is 25.4 Å². The Morgan fingerprint density at radius 1 is 0.886 bits per heavy atom. The van der Waals surface area contributed by atoms with Gasteiger partial charge in [0.2, 0.25) is 5.91 Å². The number of urea groups is 1. The summed E-state index contributed by atoms with van der Waals surface area (Å²) in [5.41, 5.74) is 3.74. The predicted octanol–water partition coefficient (Wildman–Crippen LogP) is 3.29. The zero-order valence-electron chi connectivity index (χ0n) is 24.8. The van der Waals surface area contributed by atoms with Gasteiger partial charge in [-0.25, -0.2) is 9.59 Å². The molecule has 2 aromatic rings. The molecule has 2 saturated heterocycles. The zero-order valence-corrected chi connectivity index (χ0v) is 25.6. The number of rotatable bonds is 15. The highest BCUT2D eigenvalue weighted by molar-refractivity contribution is 8.00. The van der Waals surface area contributed by atoms with Crippen LogP contribution in [-0.4, -0.2) is 80.6 Å². The van der Waals surface area contributed by atoms with Crippen molar-refractivity contribution in [1.82, 2.24) is 21.3 Å². The van der Waals surface area contributed by atoms with Crippen LogP contribution in [0.15, 0.2) is 48.5 Å². The molecular weight excluding hydrogens is 580 g/mol. The van der Waals surface area contributed by atoms with E-state index in [4.69, 9.17) is 14.2 Å². The van der Waals surface area contributed by atoms with E-state index in [2.05, 4.69) is 33.1 Å². The monoisotopic (exact) mass is 620 g/mol. The van der Waals surface area contributed by atoms with Gasteiger partial charge in [-0.1, -0.05) is 54.7 Å². The Balaban J connectivity index is 0.872. The van der Waals surface area contributed by atoms with Gasteiger partial charge in [0.1, 0.15) is 6.10 Å². The summed E-state index contributed by atoms with van der Waals surface area (Å²) in [6.45, 7) is 2.27. The van der Waals surface area contributed by atoms with Crippen molar-refractivity contribution >= 4 is 29.8 Å². The van der Waals surface area contributed by atoms with Crippen LogP contribution in [0.1, 0.15) is 54.0 Å². The number of alkyl carbamates (subject to hydrolysis) is 1. The maximum Gasteiger partial charge on any atom is 0.407 e. The maximum absolute atomic E-state index is 12.6. The van der Waals surface area contributed by atoms with Gasteiger partial charge < -0.3 is 35.5 Å². The van der Waals surface area contributed by atoms with Crippen LogP contribution in [0.25, 0.3) is 0 Å². The largest absolute Gasteiger partial charge is 0.441 e. The molecule has 1 unspecified atom stereocenters. The highest BCUT2D eigenvalue weighted by Crippen LogP contribution is 2.33. The number of ether oxygens (including phenoxy) is 3. The number of hydrogen-bond acceptors (Lipinski definition) is 7. The summed E-state index contributed by atoms with van der Waals surface area (Å²) in [4.78, 5) is 36.1. The average molecular weight is 621 g/mol. The van der Waals surface area contributed by atoms with Crippen LogP contribution in [0, 0.1) is 11.8 Å². The van der Waals surface area contributed by atoms with Gasteiger partial charge in [-0.3, -0.25) is 4.79 Å². The van der Waals surface area contributed by atoms with E-state index in [0.717, 1.165) is 47.3 Å². The van der Waals surface area contributed by atoms with Crippen molar-refractivity contribution in [2.75, 3.05) is 45.3 Å². The zero-order chi connectivity index (χ0) is 30.6. The first-order valence-electron chi connectivity index (χ1n) is 15.3. The van der Waals surface area contributed by atoms with Crippen LogP contribution < -0.4 is 21.3 Å². The number of fused-ring (bicyclic) bond motifs is 3. The molecule has 0 aromatic heterocycles. The SMILES string of the molecule is O=C(CCCC[C@@H]1SC[C@@H]2NC(=O)N[C@@H]21)NCCOCCOCCNC(=O)OC1Cc2ccccc2C#Cc2ccccc21. The Morgan fingerprint density at radius 3 is 2.45 bits per heavy atom. The fourth-order valence-corrected chi connectivity index (χ4v) is 7.15.